The molecule has 1 aliphatic heterocycles. The predicted octanol–water partition coefficient (Wildman–Crippen LogP) is 6.59. The summed E-state index contributed by atoms with van der Waals surface area (Å²) in [6.07, 6.45) is 1.39. The average Bonchev–Trinajstić information content (AvgIpc) is 3.52. The summed E-state index contributed by atoms with van der Waals surface area (Å²) < 4.78 is 6.26. The Kier molecular flexibility index (Phi) is 5.40. The zero-order valence-electron chi connectivity index (χ0n) is 20.2. The molecule has 1 atom stereocenters. The van der Waals surface area contributed by atoms with E-state index in [-0.39, 0.29) is 16.7 Å². The number of thiazole rings is 1. The van der Waals surface area contributed by atoms with Gasteiger partial charge in [0.05, 0.1) is 28.1 Å². The van der Waals surface area contributed by atoms with E-state index in [2.05, 4.69) is 20.8 Å². The quantitative estimate of drug-likeness (QED) is 0.329. The highest BCUT2D eigenvalue weighted by molar-refractivity contribution is 7.22. The number of carbonyl (C=O) groups excluding carboxylic acids is 2. The normalized spacial score (nSPS) is 16.5. The number of hydrogen-bond donors (Lipinski definition) is 1. The zero-order valence-corrected chi connectivity index (χ0v) is 21.1. The Bertz CT molecular complexity index is 1490. The van der Waals surface area contributed by atoms with Crippen LogP contribution in [-0.2, 0) is 10.2 Å². The molecular weight excluding hydrogens is 460 g/mol. The van der Waals surface area contributed by atoms with Crippen molar-refractivity contribution in [1.82, 2.24) is 4.98 Å². The van der Waals surface area contributed by atoms with Gasteiger partial charge in [-0.15, -0.1) is 0 Å². The number of hydrogen-bond acceptors (Lipinski definition) is 6. The fraction of sp³-hybridized carbons (Fsp3) is 0.250. The highest BCUT2D eigenvalue weighted by Gasteiger charge is 2.46. The van der Waals surface area contributed by atoms with Gasteiger partial charge in [-0.05, 0) is 59.7 Å². The standard InChI is InChI=1S/C28H26N2O4S/c1-15-13-16(2)22-20(14-15)35-27(29-22)30-23(17-8-10-18(11-9-17)28(3,4)5)21(25(32)26(30)33)24(31)19-7-6-12-34-19/h6-14,23,32H,1-5H3/t23-/m0/s1. The molecule has 6 nitrogen and oxygen atoms in total. The Hall–Kier alpha value is -3.71. The summed E-state index contributed by atoms with van der Waals surface area (Å²) in [5.41, 5.74) is 4.66. The van der Waals surface area contributed by atoms with Gasteiger partial charge >= 0.3 is 0 Å². The van der Waals surface area contributed by atoms with E-state index in [1.54, 1.807) is 6.07 Å². The Morgan fingerprint density at radius 1 is 1.11 bits per heavy atom. The van der Waals surface area contributed by atoms with E-state index in [9.17, 15) is 14.7 Å². The summed E-state index contributed by atoms with van der Waals surface area (Å²) in [6, 6.07) is 14.2. The minimum Gasteiger partial charge on any atom is -0.503 e. The van der Waals surface area contributed by atoms with Gasteiger partial charge in [0.2, 0.25) is 5.78 Å². The largest absolute Gasteiger partial charge is 0.503 e. The van der Waals surface area contributed by atoms with Gasteiger partial charge in [0.25, 0.3) is 5.91 Å². The Balaban J connectivity index is 1.68. The molecule has 0 radical (unpaired) electrons. The third-order valence-corrected chi connectivity index (χ3v) is 7.32. The molecule has 35 heavy (non-hydrogen) atoms. The molecule has 0 unspecified atom stereocenters. The first kappa shape index (κ1) is 23.1. The molecule has 0 aliphatic carbocycles. The molecule has 178 valence electrons. The van der Waals surface area contributed by atoms with E-state index >= 15 is 0 Å². The summed E-state index contributed by atoms with van der Waals surface area (Å²) >= 11 is 1.37. The maximum atomic E-state index is 13.4. The van der Waals surface area contributed by atoms with Crippen molar-refractivity contribution in [2.75, 3.05) is 4.90 Å². The molecular formula is C28H26N2O4S. The molecule has 1 N–H and O–H groups in total. The van der Waals surface area contributed by atoms with Crippen LogP contribution in [0.3, 0.4) is 0 Å². The van der Waals surface area contributed by atoms with Gasteiger partial charge in [-0.25, -0.2) is 4.98 Å². The summed E-state index contributed by atoms with van der Waals surface area (Å²) in [7, 11) is 0. The molecule has 0 saturated heterocycles. The second kappa shape index (κ2) is 8.20. The van der Waals surface area contributed by atoms with Gasteiger partial charge in [0, 0.05) is 0 Å². The van der Waals surface area contributed by atoms with Gasteiger partial charge in [-0.3, -0.25) is 14.5 Å². The predicted molar refractivity (Wildman–Crippen MR) is 137 cm³/mol. The van der Waals surface area contributed by atoms with Crippen LogP contribution in [0.2, 0.25) is 0 Å². The summed E-state index contributed by atoms with van der Waals surface area (Å²) in [6.45, 7) is 10.4. The SMILES string of the molecule is Cc1cc(C)c2nc(N3C(=O)C(O)=C(C(=O)c4ccco4)[C@@H]3c3ccc(C(C)(C)C)cc3)sc2c1. The number of aliphatic hydroxyl groups excluding tert-OH is 1. The molecule has 5 rings (SSSR count). The van der Waals surface area contributed by atoms with E-state index in [0.29, 0.717) is 10.7 Å². The smallest absolute Gasteiger partial charge is 0.296 e. The summed E-state index contributed by atoms with van der Waals surface area (Å²) in [5.74, 6) is -1.70. The number of aliphatic hydroxyl groups is 1. The number of furan rings is 1. The van der Waals surface area contributed by atoms with Crippen molar-refractivity contribution >= 4 is 38.4 Å². The van der Waals surface area contributed by atoms with Gasteiger partial charge in [-0.1, -0.05) is 62.4 Å². The van der Waals surface area contributed by atoms with Crippen molar-refractivity contribution in [3.8, 4) is 0 Å². The average molecular weight is 487 g/mol. The van der Waals surface area contributed by atoms with Crippen LogP contribution in [0.25, 0.3) is 10.2 Å². The van der Waals surface area contributed by atoms with Gasteiger partial charge in [0.15, 0.2) is 16.7 Å². The summed E-state index contributed by atoms with van der Waals surface area (Å²) in [5, 5.41) is 11.4. The first-order valence-electron chi connectivity index (χ1n) is 11.4. The molecule has 0 bridgehead atoms. The molecule has 2 aromatic carbocycles. The minimum absolute atomic E-state index is 0.0133. The number of benzene rings is 2. The molecule has 2 aromatic heterocycles. The lowest BCUT2D eigenvalue weighted by Gasteiger charge is -2.25. The van der Waals surface area contributed by atoms with Crippen LogP contribution in [-0.4, -0.2) is 21.8 Å². The number of nitrogens with zero attached hydrogens (tertiary/aromatic N) is 2. The number of anilines is 1. The number of Topliss-reactive ketones (excluding diaryl/α,β-unsaturated/α-hetero) is 1. The van der Waals surface area contributed by atoms with E-state index in [4.69, 9.17) is 9.40 Å². The number of ketones is 1. The zero-order chi connectivity index (χ0) is 25.1. The third-order valence-electron chi connectivity index (χ3n) is 6.31. The van der Waals surface area contributed by atoms with E-state index in [1.165, 1.54) is 28.6 Å². The highest BCUT2D eigenvalue weighted by atomic mass is 32.1. The lowest BCUT2D eigenvalue weighted by atomic mass is 9.85. The van der Waals surface area contributed by atoms with Crippen LogP contribution < -0.4 is 4.90 Å². The first-order chi connectivity index (χ1) is 16.6. The van der Waals surface area contributed by atoms with Gasteiger partial charge in [0.1, 0.15) is 0 Å². The van der Waals surface area contributed by atoms with E-state index in [0.717, 1.165) is 26.9 Å². The van der Waals surface area contributed by atoms with Crippen LogP contribution in [0.15, 0.2) is 70.5 Å². The van der Waals surface area contributed by atoms with Crippen molar-refractivity contribution in [3.63, 3.8) is 0 Å². The third kappa shape index (κ3) is 3.86. The van der Waals surface area contributed by atoms with Crippen molar-refractivity contribution < 1.29 is 19.1 Å². The number of amides is 1. The Labute approximate surface area is 207 Å². The van der Waals surface area contributed by atoms with Gasteiger partial charge in [-0.2, -0.15) is 0 Å². The number of aryl methyl sites for hydroxylation is 2. The maximum absolute atomic E-state index is 13.4. The first-order valence-corrected chi connectivity index (χ1v) is 12.2. The van der Waals surface area contributed by atoms with Crippen molar-refractivity contribution in [2.45, 2.75) is 46.1 Å². The van der Waals surface area contributed by atoms with Crippen molar-refractivity contribution in [2.24, 2.45) is 0 Å². The van der Waals surface area contributed by atoms with Crippen LogP contribution in [0.1, 0.15) is 59.6 Å². The molecule has 0 saturated carbocycles. The van der Waals surface area contributed by atoms with E-state index < -0.39 is 23.5 Å². The highest BCUT2D eigenvalue weighted by Crippen LogP contribution is 2.45. The molecule has 3 heterocycles. The lowest BCUT2D eigenvalue weighted by molar-refractivity contribution is -0.117. The van der Waals surface area contributed by atoms with Crippen LogP contribution in [0.4, 0.5) is 5.13 Å². The second-order valence-corrected chi connectivity index (χ2v) is 11.0. The number of rotatable bonds is 4. The molecule has 7 heteroatoms. The molecule has 1 aliphatic rings. The molecule has 4 aromatic rings. The minimum atomic E-state index is -0.837. The van der Waals surface area contributed by atoms with Gasteiger partial charge < -0.3 is 9.52 Å². The van der Waals surface area contributed by atoms with Crippen molar-refractivity contribution in [3.05, 3.63) is 94.1 Å². The monoisotopic (exact) mass is 486 g/mol. The number of aromatic nitrogens is 1. The molecule has 1 amide bonds. The maximum Gasteiger partial charge on any atom is 0.296 e. The Morgan fingerprint density at radius 2 is 1.83 bits per heavy atom. The lowest BCUT2D eigenvalue weighted by Crippen LogP contribution is -2.31. The number of carbonyl (C=O) groups is 2. The fourth-order valence-electron chi connectivity index (χ4n) is 4.52. The number of fused-ring (bicyclic) bond motifs is 1. The van der Waals surface area contributed by atoms with E-state index in [1.807, 2.05) is 50.2 Å². The fourth-order valence-corrected chi connectivity index (χ4v) is 5.69. The van der Waals surface area contributed by atoms with Crippen molar-refractivity contribution in [1.29, 1.82) is 0 Å². The summed E-state index contributed by atoms with van der Waals surface area (Å²) in [4.78, 5) is 33.0. The topological polar surface area (TPSA) is 83.6 Å². The van der Waals surface area contributed by atoms with Crippen LogP contribution >= 0.6 is 11.3 Å². The molecule has 0 fully saturated rings. The van der Waals surface area contributed by atoms with Crippen LogP contribution in [0.5, 0.6) is 0 Å². The second-order valence-electron chi connectivity index (χ2n) is 9.94. The molecule has 0 spiro atoms. The Morgan fingerprint density at radius 3 is 2.46 bits per heavy atom. The van der Waals surface area contributed by atoms with Crippen LogP contribution in [0, 0.1) is 13.8 Å².